The van der Waals surface area contributed by atoms with Crippen molar-refractivity contribution in [2.75, 3.05) is 13.7 Å². The first-order valence-corrected chi connectivity index (χ1v) is 6.39. The van der Waals surface area contributed by atoms with Gasteiger partial charge in [0.1, 0.15) is 11.6 Å². The Labute approximate surface area is 116 Å². The normalized spacial score (nSPS) is 11.1. The van der Waals surface area contributed by atoms with Crippen molar-refractivity contribution < 1.29 is 9.84 Å². The van der Waals surface area contributed by atoms with Crippen molar-refractivity contribution >= 4 is 11.0 Å². The molecule has 2 aromatic heterocycles. The monoisotopic (exact) mass is 269 g/mol. The fourth-order valence-electron chi connectivity index (χ4n) is 2.27. The highest BCUT2D eigenvalue weighted by atomic mass is 16.5. The summed E-state index contributed by atoms with van der Waals surface area (Å²) in [6.45, 7) is 1.26. The Bertz CT molecular complexity index is 737. The molecule has 0 saturated heterocycles. The Morgan fingerprint density at radius 1 is 1.25 bits per heavy atom. The maximum atomic E-state index is 9.99. The van der Waals surface area contributed by atoms with Crippen molar-refractivity contribution in [3.05, 3.63) is 42.7 Å². The van der Waals surface area contributed by atoms with Crippen LogP contribution in [0.1, 0.15) is 0 Å². The van der Waals surface area contributed by atoms with E-state index >= 15 is 0 Å². The predicted octanol–water partition coefficient (Wildman–Crippen LogP) is 2.45. The van der Waals surface area contributed by atoms with E-state index in [9.17, 15) is 5.11 Å². The van der Waals surface area contributed by atoms with E-state index in [0.29, 0.717) is 18.7 Å². The van der Waals surface area contributed by atoms with E-state index in [1.807, 2.05) is 28.8 Å². The fraction of sp³-hybridized carbons (Fsp3) is 0.200. The molecule has 0 fully saturated rings. The minimum atomic E-state index is 0.126. The molecule has 0 aliphatic carbocycles. The number of methoxy groups -OCH3 is 1. The topological polar surface area (TPSA) is 60.2 Å². The number of aromatic hydroxyl groups is 1. The van der Waals surface area contributed by atoms with Gasteiger partial charge in [0, 0.05) is 19.9 Å². The molecule has 2 heterocycles. The minimum Gasteiger partial charge on any atom is -0.506 e. The minimum absolute atomic E-state index is 0.126. The highest BCUT2D eigenvalue weighted by molar-refractivity contribution is 5.81. The molecule has 1 N–H and O–H groups in total. The third kappa shape index (κ3) is 2.12. The first kappa shape index (κ1) is 12.6. The third-order valence-electron chi connectivity index (χ3n) is 3.21. The molecule has 3 aromatic rings. The van der Waals surface area contributed by atoms with Crippen LogP contribution in [0, 0.1) is 0 Å². The van der Waals surface area contributed by atoms with Crippen molar-refractivity contribution in [3.63, 3.8) is 0 Å². The highest BCUT2D eigenvalue weighted by Gasteiger charge is 2.14. The van der Waals surface area contributed by atoms with Crippen LogP contribution in [0.3, 0.4) is 0 Å². The molecule has 0 aliphatic rings. The standard InChI is InChI=1S/C15H15N3O2/c1-20-9-8-18-13-5-3-2-4-12(13)17-15(18)11-6-7-16-10-14(11)19/h2-7,10,19H,8-9H2,1H3. The van der Waals surface area contributed by atoms with Crippen LogP contribution in [0.5, 0.6) is 5.75 Å². The van der Waals surface area contributed by atoms with Gasteiger partial charge in [-0.15, -0.1) is 0 Å². The number of nitrogens with zero attached hydrogens (tertiary/aromatic N) is 3. The maximum Gasteiger partial charge on any atom is 0.145 e. The molecule has 0 spiro atoms. The largest absolute Gasteiger partial charge is 0.506 e. The van der Waals surface area contributed by atoms with E-state index < -0.39 is 0 Å². The second kappa shape index (κ2) is 5.30. The van der Waals surface area contributed by atoms with Gasteiger partial charge < -0.3 is 14.4 Å². The van der Waals surface area contributed by atoms with Crippen molar-refractivity contribution in [2.24, 2.45) is 0 Å². The summed E-state index contributed by atoms with van der Waals surface area (Å²) in [5, 5.41) is 9.99. The zero-order valence-corrected chi connectivity index (χ0v) is 11.2. The molecule has 0 bridgehead atoms. The third-order valence-corrected chi connectivity index (χ3v) is 3.21. The number of para-hydroxylation sites is 2. The van der Waals surface area contributed by atoms with Gasteiger partial charge in [0.2, 0.25) is 0 Å². The average Bonchev–Trinajstić information content (AvgIpc) is 2.84. The molecule has 1 aromatic carbocycles. The summed E-state index contributed by atoms with van der Waals surface area (Å²) in [5.74, 6) is 0.852. The van der Waals surface area contributed by atoms with Gasteiger partial charge in [0.05, 0.1) is 29.4 Å². The zero-order valence-electron chi connectivity index (χ0n) is 11.2. The number of fused-ring (bicyclic) bond motifs is 1. The van der Waals surface area contributed by atoms with Gasteiger partial charge in [0.15, 0.2) is 0 Å². The van der Waals surface area contributed by atoms with Crippen LogP contribution in [0.2, 0.25) is 0 Å². The molecule has 20 heavy (non-hydrogen) atoms. The van der Waals surface area contributed by atoms with Crippen molar-refractivity contribution in [1.29, 1.82) is 0 Å². The average molecular weight is 269 g/mol. The first-order chi connectivity index (χ1) is 9.81. The van der Waals surface area contributed by atoms with Crippen LogP contribution in [0.4, 0.5) is 0 Å². The van der Waals surface area contributed by atoms with E-state index in [1.165, 1.54) is 6.20 Å². The number of hydrogen-bond donors (Lipinski definition) is 1. The van der Waals surface area contributed by atoms with E-state index in [-0.39, 0.29) is 5.75 Å². The Kier molecular flexibility index (Phi) is 3.35. The van der Waals surface area contributed by atoms with Crippen molar-refractivity contribution in [2.45, 2.75) is 6.54 Å². The molecular weight excluding hydrogens is 254 g/mol. The Hall–Kier alpha value is -2.40. The molecule has 0 saturated carbocycles. The van der Waals surface area contributed by atoms with Crippen LogP contribution in [-0.2, 0) is 11.3 Å². The van der Waals surface area contributed by atoms with Crippen LogP contribution >= 0.6 is 0 Å². The lowest BCUT2D eigenvalue weighted by molar-refractivity contribution is 0.188. The van der Waals surface area contributed by atoms with Crippen LogP contribution < -0.4 is 0 Å². The molecule has 0 amide bonds. The van der Waals surface area contributed by atoms with Gasteiger partial charge in [-0.25, -0.2) is 4.98 Å². The molecule has 5 heteroatoms. The zero-order chi connectivity index (χ0) is 13.9. The Morgan fingerprint density at radius 2 is 2.10 bits per heavy atom. The molecule has 0 atom stereocenters. The second-order valence-corrected chi connectivity index (χ2v) is 4.46. The van der Waals surface area contributed by atoms with Gasteiger partial charge in [-0.1, -0.05) is 12.1 Å². The Balaban J connectivity index is 2.21. The van der Waals surface area contributed by atoms with E-state index in [2.05, 4.69) is 9.97 Å². The summed E-state index contributed by atoms with van der Waals surface area (Å²) in [7, 11) is 1.67. The molecule has 0 radical (unpaired) electrons. The van der Waals surface area contributed by atoms with Crippen molar-refractivity contribution in [1.82, 2.24) is 14.5 Å². The second-order valence-electron chi connectivity index (χ2n) is 4.46. The smallest absolute Gasteiger partial charge is 0.145 e. The van der Waals surface area contributed by atoms with Gasteiger partial charge in [-0.2, -0.15) is 0 Å². The first-order valence-electron chi connectivity index (χ1n) is 6.39. The van der Waals surface area contributed by atoms with Crippen molar-refractivity contribution in [3.8, 4) is 17.1 Å². The number of rotatable bonds is 4. The van der Waals surface area contributed by atoms with Crippen LogP contribution in [-0.4, -0.2) is 33.4 Å². The lowest BCUT2D eigenvalue weighted by Crippen LogP contribution is -2.06. The van der Waals surface area contributed by atoms with Gasteiger partial charge in [0.25, 0.3) is 0 Å². The predicted molar refractivity (Wildman–Crippen MR) is 76.5 cm³/mol. The number of imidazole rings is 1. The van der Waals surface area contributed by atoms with Gasteiger partial charge >= 0.3 is 0 Å². The number of pyridine rings is 1. The summed E-state index contributed by atoms with van der Waals surface area (Å²) in [6.07, 6.45) is 3.07. The fourth-order valence-corrected chi connectivity index (χ4v) is 2.27. The molecule has 102 valence electrons. The quantitative estimate of drug-likeness (QED) is 0.790. The molecule has 5 nitrogen and oxygen atoms in total. The Morgan fingerprint density at radius 3 is 2.90 bits per heavy atom. The molecule has 3 rings (SSSR count). The molecule has 0 aliphatic heterocycles. The number of ether oxygens (including phenoxy) is 1. The van der Waals surface area contributed by atoms with Gasteiger partial charge in [-0.3, -0.25) is 4.98 Å². The van der Waals surface area contributed by atoms with E-state index in [1.54, 1.807) is 19.4 Å². The summed E-state index contributed by atoms with van der Waals surface area (Å²) >= 11 is 0. The molecule has 0 unspecified atom stereocenters. The molecular formula is C15H15N3O2. The SMILES string of the molecule is COCCn1c(-c2ccncc2O)nc2ccccc21. The van der Waals surface area contributed by atoms with E-state index in [4.69, 9.17) is 4.74 Å². The summed E-state index contributed by atoms with van der Waals surface area (Å²) in [5.41, 5.74) is 2.60. The van der Waals surface area contributed by atoms with E-state index in [0.717, 1.165) is 16.9 Å². The number of hydrogen-bond acceptors (Lipinski definition) is 4. The van der Waals surface area contributed by atoms with Crippen LogP contribution in [0.25, 0.3) is 22.4 Å². The summed E-state index contributed by atoms with van der Waals surface area (Å²) in [4.78, 5) is 8.52. The summed E-state index contributed by atoms with van der Waals surface area (Å²) in [6, 6.07) is 9.66. The lowest BCUT2D eigenvalue weighted by atomic mass is 10.2. The number of benzene rings is 1. The van der Waals surface area contributed by atoms with Crippen LogP contribution in [0.15, 0.2) is 42.7 Å². The summed E-state index contributed by atoms with van der Waals surface area (Å²) < 4.78 is 7.21. The number of aromatic nitrogens is 3. The maximum absolute atomic E-state index is 9.99. The lowest BCUT2D eigenvalue weighted by Gasteiger charge is -2.09. The highest BCUT2D eigenvalue weighted by Crippen LogP contribution is 2.30. The van der Waals surface area contributed by atoms with Gasteiger partial charge in [-0.05, 0) is 18.2 Å².